The van der Waals surface area contributed by atoms with Crippen molar-refractivity contribution in [3.63, 3.8) is 0 Å². The van der Waals surface area contributed by atoms with Crippen molar-refractivity contribution in [2.45, 2.75) is 32.1 Å². The van der Waals surface area contributed by atoms with Crippen LogP contribution in [-0.4, -0.2) is 18.2 Å². The van der Waals surface area contributed by atoms with Gasteiger partial charge in [0.25, 0.3) is 0 Å². The number of rotatable bonds is 7. The number of hydrogen-bond acceptors (Lipinski definition) is 2. The second-order valence-corrected chi connectivity index (χ2v) is 4.13. The molecule has 0 fully saturated rings. The summed E-state index contributed by atoms with van der Waals surface area (Å²) >= 11 is 0. The van der Waals surface area contributed by atoms with E-state index in [1.807, 2.05) is 30.4 Å². The van der Waals surface area contributed by atoms with E-state index in [0.717, 1.165) is 18.4 Å². The quantitative estimate of drug-likeness (QED) is 0.750. The molecule has 1 aromatic carbocycles. The van der Waals surface area contributed by atoms with Crippen LogP contribution in [0, 0.1) is 0 Å². The molecule has 0 aromatic heterocycles. The molecule has 98 valence electrons. The number of aliphatic carboxylic acids is 1. The van der Waals surface area contributed by atoms with Gasteiger partial charge in [0, 0.05) is 5.56 Å². The fraction of sp³-hybridized carbons (Fsp3) is 0.400. The molecule has 1 unspecified atom stereocenters. The Morgan fingerprint density at radius 3 is 2.72 bits per heavy atom. The van der Waals surface area contributed by atoms with Crippen molar-refractivity contribution in [3.8, 4) is 5.75 Å². The van der Waals surface area contributed by atoms with Gasteiger partial charge >= 0.3 is 5.97 Å². The molecule has 0 spiro atoms. The smallest absolute Gasteiger partial charge is 0.311 e. The van der Waals surface area contributed by atoms with Gasteiger partial charge in [-0.2, -0.15) is 0 Å². The largest absolute Gasteiger partial charge is 0.496 e. The van der Waals surface area contributed by atoms with Gasteiger partial charge in [-0.05, 0) is 18.9 Å². The van der Waals surface area contributed by atoms with Gasteiger partial charge in [-0.25, -0.2) is 0 Å². The molecule has 0 aliphatic rings. The second kappa shape index (κ2) is 7.54. The Bertz CT molecular complexity index is 410. The number of unbranched alkanes of at least 4 members (excludes halogenated alkanes) is 1. The van der Waals surface area contributed by atoms with Crippen molar-refractivity contribution in [1.29, 1.82) is 0 Å². The normalized spacial score (nSPS) is 12.6. The van der Waals surface area contributed by atoms with E-state index in [9.17, 15) is 9.90 Å². The van der Waals surface area contributed by atoms with Gasteiger partial charge in [0.2, 0.25) is 0 Å². The van der Waals surface area contributed by atoms with Crippen LogP contribution in [0.1, 0.15) is 37.7 Å². The Balaban J connectivity index is 2.87. The molecule has 0 aliphatic carbocycles. The lowest BCUT2D eigenvalue weighted by atomic mass is 9.94. The molecule has 1 aromatic rings. The van der Waals surface area contributed by atoms with Crippen molar-refractivity contribution < 1.29 is 14.6 Å². The first-order valence-corrected chi connectivity index (χ1v) is 6.21. The monoisotopic (exact) mass is 248 g/mol. The Labute approximate surface area is 108 Å². The van der Waals surface area contributed by atoms with Crippen molar-refractivity contribution in [2.24, 2.45) is 0 Å². The number of methoxy groups -OCH3 is 1. The van der Waals surface area contributed by atoms with Crippen LogP contribution < -0.4 is 4.74 Å². The van der Waals surface area contributed by atoms with Crippen LogP contribution in [-0.2, 0) is 4.79 Å². The zero-order valence-electron chi connectivity index (χ0n) is 10.9. The maximum atomic E-state index is 11.3. The second-order valence-electron chi connectivity index (χ2n) is 4.13. The van der Waals surface area contributed by atoms with Crippen LogP contribution in [0.2, 0.25) is 0 Å². The minimum absolute atomic E-state index is 0.496. The van der Waals surface area contributed by atoms with E-state index in [4.69, 9.17) is 4.74 Å². The summed E-state index contributed by atoms with van der Waals surface area (Å²) < 4.78 is 5.22. The topological polar surface area (TPSA) is 46.5 Å². The van der Waals surface area contributed by atoms with Crippen molar-refractivity contribution in [2.75, 3.05) is 7.11 Å². The van der Waals surface area contributed by atoms with Crippen molar-refractivity contribution in [3.05, 3.63) is 42.0 Å². The standard InChI is InChI=1S/C15H20O3/c1-3-4-5-6-10-13(15(16)17)12-9-7-8-11-14(12)18-2/h5-9,11,13H,3-4,10H2,1-2H3,(H,16,17). The first-order chi connectivity index (χ1) is 8.70. The molecule has 3 heteroatoms. The third kappa shape index (κ3) is 3.91. The molecule has 0 saturated heterocycles. The van der Waals surface area contributed by atoms with E-state index >= 15 is 0 Å². The number of hydrogen-bond donors (Lipinski definition) is 1. The summed E-state index contributed by atoms with van der Waals surface area (Å²) in [7, 11) is 1.56. The zero-order valence-corrected chi connectivity index (χ0v) is 10.9. The lowest BCUT2D eigenvalue weighted by Gasteiger charge is -2.14. The molecule has 0 aliphatic heterocycles. The average Bonchev–Trinajstić information content (AvgIpc) is 2.38. The Hall–Kier alpha value is -1.77. The molecule has 3 nitrogen and oxygen atoms in total. The van der Waals surface area contributed by atoms with E-state index < -0.39 is 11.9 Å². The Kier molecular flexibility index (Phi) is 5.98. The predicted octanol–water partition coefficient (Wildman–Crippen LogP) is 3.61. The number of carbonyl (C=O) groups is 1. The molecule has 1 rings (SSSR count). The predicted molar refractivity (Wildman–Crippen MR) is 72.0 cm³/mol. The van der Waals surface area contributed by atoms with Crippen LogP contribution in [0.15, 0.2) is 36.4 Å². The molecular weight excluding hydrogens is 228 g/mol. The van der Waals surface area contributed by atoms with E-state index in [-0.39, 0.29) is 0 Å². The maximum Gasteiger partial charge on any atom is 0.311 e. The van der Waals surface area contributed by atoms with Gasteiger partial charge in [0.15, 0.2) is 0 Å². The highest BCUT2D eigenvalue weighted by Crippen LogP contribution is 2.29. The summed E-state index contributed by atoms with van der Waals surface area (Å²) in [4.78, 5) is 11.3. The molecule has 18 heavy (non-hydrogen) atoms. The number of allylic oxidation sites excluding steroid dienone is 2. The van der Waals surface area contributed by atoms with Gasteiger partial charge in [-0.3, -0.25) is 4.79 Å². The van der Waals surface area contributed by atoms with Crippen LogP contribution in [0.5, 0.6) is 5.75 Å². The summed E-state index contributed by atoms with van der Waals surface area (Å²) in [5.41, 5.74) is 0.730. The van der Waals surface area contributed by atoms with E-state index in [0.29, 0.717) is 12.2 Å². The highest BCUT2D eigenvalue weighted by Gasteiger charge is 2.21. The van der Waals surface area contributed by atoms with Gasteiger partial charge in [-0.15, -0.1) is 0 Å². The molecule has 0 bridgehead atoms. The number of carboxylic acids is 1. The Morgan fingerprint density at radius 1 is 1.39 bits per heavy atom. The van der Waals surface area contributed by atoms with Crippen LogP contribution in [0.4, 0.5) is 0 Å². The van der Waals surface area contributed by atoms with E-state index in [1.54, 1.807) is 13.2 Å². The molecule has 1 N–H and O–H groups in total. The first-order valence-electron chi connectivity index (χ1n) is 6.21. The number of para-hydroxylation sites is 1. The lowest BCUT2D eigenvalue weighted by molar-refractivity contribution is -0.138. The van der Waals surface area contributed by atoms with Crippen LogP contribution >= 0.6 is 0 Å². The average molecular weight is 248 g/mol. The first kappa shape index (κ1) is 14.3. The fourth-order valence-electron chi connectivity index (χ4n) is 1.83. The van der Waals surface area contributed by atoms with E-state index in [2.05, 4.69) is 6.92 Å². The van der Waals surface area contributed by atoms with Gasteiger partial charge < -0.3 is 9.84 Å². The van der Waals surface area contributed by atoms with Gasteiger partial charge in [0.05, 0.1) is 13.0 Å². The summed E-state index contributed by atoms with van der Waals surface area (Å²) in [5.74, 6) is -0.733. The lowest BCUT2D eigenvalue weighted by Crippen LogP contribution is -2.12. The maximum absolute atomic E-state index is 11.3. The summed E-state index contributed by atoms with van der Waals surface area (Å²) in [6, 6.07) is 7.28. The molecular formula is C15H20O3. The third-order valence-electron chi connectivity index (χ3n) is 2.81. The number of benzene rings is 1. The van der Waals surface area contributed by atoms with Crippen LogP contribution in [0.3, 0.4) is 0 Å². The van der Waals surface area contributed by atoms with Gasteiger partial charge in [0.1, 0.15) is 5.75 Å². The molecule has 1 atom stereocenters. The number of carboxylic acid groups (broad SMARTS) is 1. The van der Waals surface area contributed by atoms with Crippen molar-refractivity contribution in [1.82, 2.24) is 0 Å². The minimum Gasteiger partial charge on any atom is -0.496 e. The SMILES string of the molecule is CCCC=CCC(C(=O)O)c1ccccc1OC. The minimum atomic E-state index is -0.819. The summed E-state index contributed by atoms with van der Waals surface area (Å²) in [6.07, 6.45) is 6.52. The third-order valence-corrected chi connectivity index (χ3v) is 2.81. The number of ether oxygens (including phenoxy) is 1. The van der Waals surface area contributed by atoms with Crippen molar-refractivity contribution >= 4 is 5.97 Å². The van der Waals surface area contributed by atoms with Gasteiger partial charge in [-0.1, -0.05) is 43.7 Å². The highest BCUT2D eigenvalue weighted by atomic mass is 16.5. The molecule has 0 radical (unpaired) electrons. The molecule has 0 saturated carbocycles. The van der Waals surface area contributed by atoms with Crippen LogP contribution in [0.25, 0.3) is 0 Å². The highest BCUT2D eigenvalue weighted by molar-refractivity contribution is 5.77. The zero-order chi connectivity index (χ0) is 13.4. The molecule has 0 amide bonds. The molecule has 0 heterocycles. The summed E-state index contributed by atoms with van der Waals surface area (Å²) in [6.45, 7) is 2.10. The van der Waals surface area contributed by atoms with E-state index in [1.165, 1.54) is 0 Å². The summed E-state index contributed by atoms with van der Waals surface area (Å²) in [5, 5.41) is 9.31. The Morgan fingerprint density at radius 2 is 2.11 bits per heavy atom. The fourth-order valence-corrected chi connectivity index (χ4v) is 1.83.